The maximum atomic E-state index is 13.2. The molecule has 43 heavy (non-hydrogen) atoms. The third kappa shape index (κ3) is 7.35. The molecular weight excluding hydrogens is 624 g/mol. The van der Waals surface area contributed by atoms with Crippen LogP contribution in [0.1, 0.15) is 19.0 Å². The van der Waals surface area contributed by atoms with E-state index in [0.29, 0.717) is 11.3 Å². The molecule has 2 amide bonds. The fraction of sp³-hybridized carbons (Fsp3) is 0.400. The van der Waals surface area contributed by atoms with E-state index in [1.807, 2.05) is 36.1 Å². The second kappa shape index (κ2) is 14.0. The Morgan fingerprint density at radius 2 is 2.02 bits per heavy atom. The number of carboxylic acid groups (broad SMARTS) is 2. The van der Waals surface area contributed by atoms with Crippen LogP contribution in [0.4, 0.5) is 10.8 Å². The van der Waals surface area contributed by atoms with Crippen molar-refractivity contribution in [1.82, 2.24) is 20.5 Å². The summed E-state index contributed by atoms with van der Waals surface area (Å²) in [7, 11) is 1.90. The molecule has 0 aromatic carbocycles. The molecule has 0 spiro atoms. The molecule has 2 aromatic rings. The summed E-state index contributed by atoms with van der Waals surface area (Å²) in [5, 5.41) is 31.0. The average Bonchev–Trinajstić information content (AvgIpc) is 3.31. The number of carbonyl (C=O) groups excluding carboxylic acids is 2. The lowest BCUT2D eigenvalue weighted by Gasteiger charge is -2.49. The number of hydrogen-bond acceptors (Lipinski definition) is 12. The van der Waals surface area contributed by atoms with E-state index >= 15 is 0 Å². The van der Waals surface area contributed by atoms with Crippen LogP contribution in [0.25, 0.3) is 0 Å². The maximum Gasteiger partial charge on any atom is 0.352 e. The number of aliphatic carboxylic acids is 2. The number of fused-ring (bicyclic) bond motifs is 1. The molecule has 0 radical (unpaired) electrons. The number of nitrogens with two attached hydrogens (primary N) is 1. The molecule has 2 aliphatic rings. The smallest absolute Gasteiger partial charge is 0.352 e. The minimum Gasteiger partial charge on any atom is -0.478 e. The summed E-state index contributed by atoms with van der Waals surface area (Å²) in [6.45, 7) is 3.16. The van der Waals surface area contributed by atoms with Crippen LogP contribution >= 0.6 is 34.7 Å². The van der Waals surface area contributed by atoms with Crippen LogP contribution in [0.3, 0.4) is 0 Å². The minimum atomic E-state index is -1.40. The molecule has 1 fully saturated rings. The Morgan fingerprint density at radius 3 is 2.63 bits per heavy atom. The minimum absolute atomic E-state index is 0.00225. The van der Waals surface area contributed by atoms with Gasteiger partial charge in [-0.15, -0.1) is 11.8 Å². The fourth-order valence-corrected chi connectivity index (χ4v) is 6.51. The first-order chi connectivity index (χ1) is 20.5. The van der Waals surface area contributed by atoms with E-state index in [1.54, 1.807) is 0 Å². The zero-order valence-corrected chi connectivity index (χ0v) is 25.5. The van der Waals surface area contributed by atoms with Crippen LogP contribution < -0.4 is 26.3 Å². The first-order valence-electron chi connectivity index (χ1n) is 13.0. The van der Waals surface area contributed by atoms with E-state index in [2.05, 4.69) is 26.1 Å². The molecule has 4 rings (SSSR count). The van der Waals surface area contributed by atoms with Gasteiger partial charge in [0.1, 0.15) is 27.1 Å². The number of aromatic nitrogens is 2. The largest absolute Gasteiger partial charge is 0.478 e. The number of halogens is 1. The topological polar surface area (TPSA) is 212 Å². The molecule has 1 saturated heterocycles. The van der Waals surface area contributed by atoms with Crippen molar-refractivity contribution in [3.8, 4) is 0 Å². The molecule has 0 aliphatic carbocycles. The summed E-state index contributed by atoms with van der Waals surface area (Å²) in [6, 6.07) is 2.69. The average molecular weight is 654 g/mol. The van der Waals surface area contributed by atoms with Gasteiger partial charge in [-0.1, -0.05) is 28.1 Å². The maximum absolute atomic E-state index is 13.2. The molecule has 0 bridgehead atoms. The predicted octanol–water partition coefficient (Wildman–Crippen LogP) is 0.320. The van der Waals surface area contributed by atoms with Gasteiger partial charge in [0.2, 0.25) is 6.10 Å². The number of pyridine rings is 1. The SMILES string of the molecule is CNCCCNc1cc[n+](CC2=C(C(=O)O)N3C(=O)[C@@H](NC(=O)C(=NO[C@@H](C)C(=O)O)c4nc(N)sc4Cl)[C@H]3SC2)cc1. The first kappa shape index (κ1) is 32.0. The Hall–Kier alpha value is -3.93. The highest BCUT2D eigenvalue weighted by Gasteiger charge is 2.55. The Labute approximate surface area is 259 Å². The van der Waals surface area contributed by atoms with Gasteiger partial charge in [-0.3, -0.25) is 14.5 Å². The number of oxime groups is 1. The normalized spacial score (nSPS) is 18.9. The molecular formula is C25H30ClN8O7S2+. The molecule has 4 heterocycles. The highest BCUT2D eigenvalue weighted by atomic mass is 35.5. The molecule has 230 valence electrons. The number of thiazole rings is 1. The highest BCUT2D eigenvalue weighted by molar-refractivity contribution is 8.00. The zero-order valence-electron chi connectivity index (χ0n) is 23.1. The predicted molar refractivity (Wildman–Crippen MR) is 160 cm³/mol. The Balaban J connectivity index is 1.48. The van der Waals surface area contributed by atoms with Gasteiger partial charge in [0.05, 0.1) is 0 Å². The van der Waals surface area contributed by atoms with Crippen molar-refractivity contribution in [1.29, 1.82) is 0 Å². The monoisotopic (exact) mass is 653 g/mol. The molecule has 2 aromatic heterocycles. The van der Waals surface area contributed by atoms with E-state index in [0.717, 1.165) is 41.4 Å². The first-order valence-corrected chi connectivity index (χ1v) is 15.2. The van der Waals surface area contributed by atoms with Crippen molar-refractivity contribution in [2.24, 2.45) is 5.16 Å². The number of hydrogen-bond donors (Lipinski definition) is 6. The van der Waals surface area contributed by atoms with Gasteiger partial charge in [0.25, 0.3) is 11.8 Å². The second-order valence-electron chi connectivity index (χ2n) is 9.46. The molecule has 0 unspecified atom stereocenters. The molecule has 18 heteroatoms. The number of carbonyl (C=O) groups is 4. The van der Waals surface area contributed by atoms with Gasteiger partial charge in [-0.2, -0.15) is 0 Å². The number of thioether (sulfide) groups is 1. The van der Waals surface area contributed by atoms with E-state index in [-0.39, 0.29) is 27.4 Å². The number of nitrogens with one attached hydrogen (secondary N) is 3. The van der Waals surface area contributed by atoms with Crippen LogP contribution in [0.2, 0.25) is 4.34 Å². The standard InChI is InChI=1S/C25H29ClN8O7S2/c1-12(23(37)38)41-32-16(15-19(26)43-25(27)31-15)20(35)30-17-21(36)34-18(24(39)40)13(11-42-22(17)34)10-33-8-4-14(5-9-33)29-7-3-6-28-2/h4-5,8-9,12,17,22,28H,3,6-7,10-11H2,1-2H3,(H5,27,30,31,35,37,38,39,40)/p+1/t12-,17+,22+/m0/s1. The third-order valence-corrected chi connectivity index (χ3v) is 8.85. The van der Waals surface area contributed by atoms with Crippen LogP contribution in [0.5, 0.6) is 0 Å². The van der Waals surface area contributed by atoms with Crippen molar-refractivity contribution < 1.29 is 38.8 Å². The third-order valence-electron chi connectivity index (χ3n) is 6.43. The molecule has 7 N–H and O–H groups in total. The number of nitrogens with zero attached hydrogens (tertiary/aromatic N) is 4. The molecule has 3 atom stereocenters. The fourth-order valence-electron chi connectivity index (χ4n) is 4.25. The van der Waals surface area contributed by atoms with E-state index < -0.39 is 47.0 Å². The van der Waals surface area contributed by atoms with Crippen LogP contribution in [0, 0.1) is 0 Å². The quantitative estimate of drug-likeness (QED) is 0.0535. The molecule has 2 aliphatic heterocycles. The molecule has 15 nitrogen and oxygen atoms in total. The summed E-state index contributed by atoms with van der Waals surface area (Å²) in [5.41, 5.74) is 6.39. The highest BCUT2D eigenvalue weighted by Crippen LogP contribution is 2.40. The summed E-state index contributed by atoms with van der Waals surface area (Å²) in [4.78, 5) is 59.9. The Morgan fingerprint density at radius 1 is 1.30 bits per heavy atom. The number of amides is 2. The van der Waals surface area contributed by atoms with Gasteiger partial charge < -0.3 is 36.7 Å². The zero-order chi connectivity index (χ0) is 31.3. The van der Waals surface area contributed by atoms with Crippen LogP contribution in [-0.4, -0.2) is 93.0 Å². The summed E-state index contributed by atoms with van der Waals surface area (Å²) >= 11 is 8.31. The van der Waals surface area contributed by atoms with Crippen LogP contribution in [-0.2, 0) is 30.6 Å². The number of anilines is 2. The number of carboxylic acids is 2. The van der Waals surface area contributed by atoms with E-state index in [9.17, 15) is 24.3 Å². The number of rotatable bonds is 14. The lowest BCUT2D eigenvalue weighted by molar-refractivity contribution is -0.688. The van der Waals surface area contributed by atoms with Crippen molar-refractivity contribution >= 4 is 75.0 Å². The van der Waals surface area contributed by atoms with Crippen molar-refractivity contribution in [2.75, 3.05) is 36.9 Å². The van der Waals surface area contributed by atoms with Gasteiger partial charge in [0.15, 0.2) is 29.8 Å². The van der Waals surface area contributed by atoms with Gasteiger partial charge in [-0.05, 0) is 26.9 Å². The van der Waals surface area contributed by atoms with E-state index in [4.69, 9.17) is 27.3 Å². The van der Waals surface area contributed by atoms with E-state index in [1.165, 1.54) is 18.7 Å². The summed E-state index contributed by atoms with van der Waals surface area (Å²) in [5.74, 6) is -3.84. The number of nitrogen functional groups attached to an aromatic ring is 1. The summed E-state index contributed by atoms with van der Waals surface area (Å²) in [6.07, 6.45) is 3.22. The van der Waals surface area contributed by atoms with Crippen molar-refractivity contribution in [2.45, 2.75) is 37.4 Å². The van der Waals surface area contributed by atoms with Gasteiger partial charge >= 0.3 is 11.9 Å². The lowest BCUT2D eigenvalue weighted by Crippen LogP contribution is -2.71. The van der Waals surface area contributed by atoms with Crippen molar-refractivity contribution in [3.63, 3.8) is 0 Å². The van der Waals surface area contributed by atoms with Gasteiger partial charge in [-0.25, -0.2) is 19.1 Å². The molecule has 0 saturated carbocycles. The summed E-state index contributed by atoms with van der Waals surface area (Å²) < 4.78 is 1.83. The second-order valence-corrected chi connectivity index (χ2v) is 12.2. The van der Waals surface area contributed by atoms with Gasteiger partial charge in [0, 0.05) is 35.7 Å². The lowest BCUT2D eigenvalue weighted by atomic mass is 10.0. The van der Waals surface area contributed by atoms with Crippen LogP contribution in [0.15, 0.2) is 41.0 Å². The Bertz CT molecular complexity index is 1470. The van der Waals surface area contributed by atoms with Crippen molar-refractivity contribution in [3.05, 3.63) is 45.8 Å². The number of β-lactam (4-membered cyclic amide) rings is 1. The Kier molecular flexibility index (Phi) is 10.4.